The van der Waals surface area contributed by atoms with E-state index in [1.807, 2.05) is 47.4 Å². The lowest BCUT2D eigenvalue weighted by molar-refractivity contribution is -0.130. The minimum Gasteiger partial charge on any atom is -0.487 e. The molecule has 1 aliphatic rings. The maximum atomic E-state index is 12.8. The molecule has 1 saturated heterocycles. The SMILES string of the molecule is Cc1ccc(CN2CCC(NC(C)CNc3ccc(OCc4ccccc4)cn3)C2=O)cc1. The second-order valence-corrected chi connectivity index (χ2v) is 8.69. The fraction of sp³-hybridized carbons (Fsp3) is 0.333. The maximum Gasteiger partial charge on any atom is 0.240 e. The molecule has 6 nitrogen and oxygen atoms in total. The molecule has 6 heteroatoms. The molecule has 2 heterocycles. The molecule has 33 heavy (non-hydrogen) atoms. The zero-order chi connectivity index (χ0) is 23.0. The summed E-state index contributed by atoms with van der Waals surface area (Å²) in [7, 11) is 0. The number of benzene rings is 2. The van der Waals surface area contributed by atoms with Crippen molar-refractivity contribution in [2.75, 3.05) is 18.4 Å². The van der Waals surface area contributed by atoms with Crippen LogP contribution in [0.3, 0.4) is 0 Å². The number of aryl methyl sites for hydroxylation is 1. The van der Waals surface area contributed by atoms with Crippen LogP contribution in [0.1, 0.15) is 30.0 Å². The molecule has 2 unspecified atom stereocenters. The van der Waals surface area contributed by atoms with Crippen LogP contribution in [0.4, 0.5) is 5.82 Å². The number of nitrogens with one attached hydrogen (secondary N) is 2. The zero-order valence-corrected chi connectivity index (χ0v) is 19.3. The van der Waals surface area contributed by atoms with Gasteiger partial charge in [0.15, 0.2) is 0 Å². The van der Waals surface area contributed by atoms with Crippen molar-refractivity contribution in [3.63, 3.8) is 0 Å². The summed E-state index contributed by atoms with van der Waals surface area (Å²) in [6.07, 6.45) is 2.56. The Morgan fingerprint density at radius 2 is 1.85 bits per heavy atom. The quantitative estimate of drug-likeness (QED) is 0.492. The van der Waals surface area contributed by atoms with Gasteiger partial charge in [0.05, 0.1) is 12.2 Å². The van der Waals surface area contributed by atoms with Crippen molar-refractivity contribution in [2.24, 2.45) is 0 Å². The van der Waals surface area contributed by atoms with Gasteiger partial charge in [-0.05, 0) is 43.5 Å². The Morgan fingerprint density at radius 3 is 2.58 bits per heavy atom. The molecule has 0 spiro atoms. The normalized spacial score (nSPS) is 16.6. The van der Waals surface area contributed by atoms with Crippen LogP contribution in [0.15, 0.2) is 72.9 Å². The van der Waals surface area contributed by atoms with E-state index in [1.165, 1.54) is 11.1 Å². The molecule has 1 fully saturated rings. The number of rotatable bonds is 10. The maximum absolute atomic E-state index is 12.8. The number of carbonyl (C=O) groups is 1. The molecule has 2 aromatic carbocycles. The predicted molar refractivity (Wildman–Crippen MR) is 131 cm³/mol. The molecule has 1 aromatic heterocycles. The van der Waals surface area contributed by atoms with Gasteiger partial charge in [-0.15, -0.1) is 0 Å². The Morgan fingerprint density at radius 1 is 1.06 bits per heavy atom. The monoisotopic (exact) mass is 444 g/mol. The van der Waals surface area contributed by atoms with E-state index in [1.54, 1.807) is 6.20 Å². The van der Waals surface area contributed by atoms with Crippen molar-refractivity contribution >= 4 is 11.7 Å². The molecular weight excluding hydrogens is 412 g/mol. The largest absolute Gasteiger partial charge is 0.487 e. The third kappa shape index (κ3) is 6.56. The van der Waals surface area contributed by atoms with Crippen LogP contribution < -0.4 is 15.4 Å². The molecule has 2 N–H and O–H groups in total. The first kappa shape index (κ1) is 22.8. The highest BCUT2D eigenvalue weighted by atomic mass is 16.5. The van der Waals surface area contributed by atoms with Crippen molar-refractivity contribution in [2.45, 2.75) is 45.5 Å². The number of pyridine rings is 1. The summed E-state index contributed by atoms with van der Waals surface area (Å²) >= 11 is 0. The minimum absolute atomic E-state index is 0.131. The summed E-state index contributed by atoms with van der Waals surface area (Å²) in [5.74, 6) is 1.70. The van der Waals surface area contributed by atoms with E-state index in [4.69, 9.17) is 4.74 Å². The zero-order valence-electron chi connectivity index (χ0n) is 19.3. The smallest absolute Gasteiger partial charge is 0.240 e. The topological polar surface area (TPSA) is 66.5 Å². The number of anilines is 1. The molecule has 1 amide bonds. The highest BCUT2D eigenvalue weighted by Gasteiger charge is 2.32. The minimum atomic E-state index is -0.131. The highest BCUT2D eigenvalue weighted by molar-refractivity contribution is 5.84. The summed E-state index contributed by atoms with van der Waals surface area (Å²) < 4.78 is 5.79. The Balaban J connectivity index is 1.19. The first-order valence-corrected chi connectivity index (χ1v) is 11.5. The second kappa shape index (κ2) is 11.0. The average molecular weight is 445 g/mol. The van der Waals surface area contributed by atoms with Crippen LogP contribution in [0, 0.1) is 6.92 Å². The number of amides is 1. The Bertz CT molecular complexity index is 1020. The van der Waals surface area contributed by atoms with E-state index in [9.17, 15) is 4.79 Å². The molecule has 2 atom stereocenters. The summed E-state index contributed by atoms with van der Waals surface area (Å²) in [5, 5.41) is 6.80. The first-order valence-electron chi connectivity index (χ1n) is 11.5. The van der Waals surface area contributed by atoms with Gasteiger partial charge in [0.2, 0.25) is 5.91 Å². The Kier molecular flexibility index (Phi) is 7.58. The molecule has 4 rings (SSSR count). The van der Waals surface area contributed by atoms with Crippen LogP contribution in [0.25, 0.3) is 0 Å². The molecular formula is C27H32N4O2. The number of carbonyl (C=O) groups excluding carboxylic acids is 1. The lowest BCUT2D eigenvalue weighted by Crippen LogP contribution is -2.45. The number of likely N-dealkylation sites (tertiary alicyclic amines) is 1. The van der Waals surface area contributed by atoms with E-state index < -0.39 is 0 Å². The van der Waals surface area contributed by atoms with E-state index >= 15 is 0 Å². The first-order chi connectivity index (χ1) is 16.1. The van der Waals surface area contributed by atoms with Gasteiger partial charge in [-0.3, -0.25) is 4.79 Å². The van der Waals surface area contributed by atoms with Gasteiger partial charge < -0.3 is 20.3 Å². The number of nitrogens with zero attached hydrogens (tertiary/aromatic N) is 2. The molecule has 0 saturated carbocycles. The molecule has 1 aliphatic heterocycles. The van der Waals surface area contributed by atoms with Gasteiger partial charge in [-0.1, -0.05) is 60.2 Å². The molecule has 0 bridgehead atoms. The van der Waals surface area contributed by atoms with Crippen molar-refractivity contribution in [3.05, 3.63) is 89.6 Å². The standard InChI is InChI=1S/C27H32N4O2/c1-20-8-10-22(11-9-20)18-31-15-14-25(27(31)32)30-21(2)16-28-26-13-12-24(17-29-26)33-19-23-6-4-3-5-7-23/h3-13,17,21,25,30H,14-16,18-19H2,1-2H3,(H,28,29). The van der Waals surface area contributed by atoms with Crippen LogP contribution in [0.5, 0.6) is 5.75 Å². The number of hydrogen-bond acceptors (Lipinski definition) is 5. The van der Waals surface area contributed by atoms with Crippen molar-refractivity contribution in [3.8, 4) is 5.75 Å². The summed E-state index contributed by atoms with van der Waals surface area (Å²) in [6, 6.07) is 22.3. The van der Waals surface area contributed by atoms with Crippen molar-refractivity contribution in [1.29, 1.82) is 0 Å². The van der Waals surface area contributed by atoms with Gasteiger partial charge in [-0.2, -0.15) is 0 Å². The predicted octanol–water partition coefficient (Wildman–Crippen LogP) is 4.16. The second-order valence-electron chi connectivity index (χ2n) is 8.69. The van der Waals surface area contributed by atoms with Gasteiger partial charge in [0, 0.05) is 25.7 Å². The molecule has 0 aliphatic carbocycles. The third-order valence-electron chi connectivity index (χ3n) is 5.85. The number of ether oxygens (including phenoxy) is 1. The molecule has 0 radical (unpaired) electrons. The lowest BCUT2D eigenvalue weighted by atomic mass is 10.1. The van der Waals surface area contributed by atoms with E-state index in [2.05, 4.69) is 53.7 Å². The van der Waals surface area contributed by atoms with Crippen LogP contribution in [0.2, 0.25) is 0 Å². The fourth-order valence-electron chi connectivity index (χ4n) is 3.94. The highest BCUT2D eigenvalue weighted by Crippen LogP contribution is 2.17. The van der Waals surface area contributed by atoms with E-state index in [0.29, 0.717) is 19.7 Å². The van der Waals surface area contributed by atoms with Crippen molar-refractivity contribution < 1.29 is 9.53 Å². The van der Waals surface area contributed by atoms with Gasteiger partial charge in [0.1, 0.15) is 18.2 Å². The van der Waals surface area contributed by atoms with Crippen molar-refractivity contribution in [1.82, 2.24) is 15.2 Å². The summed E-state index contributed by atoms with van der Waals surface area (Å²) in [6.45, 7) is 6.82. The van der Waals surface area contributed by atoms with Gasteiger partial charge >= 0.3 is 0 Å². The molecule has 172 valence electrons. The van der Waals surface area contributed by atoms with Gasteiger partial charge in [0.25, 0.3) is 0 Å². The number of aromatic nitrogens is 1. The third-order valence-corrected chi connectivity index (χ3v) is 5.85. The van der Waals surface area contributed by atoms with E-state index in [0.717, 1.165) is 30.1 Å². The van der Waals surface area contributed by atoms with E-state index in [-0.39, 0.29) is 18.0 Å². The van der Waals surface area contributed by atoms with Crippen LogP contribution >= 0.6 is 0 Å². The van der Waals surface area contributed by atoms with Gasteiger partial charge in [-0.25, -0.2) is 4.98 Å². The number of hydrogen-bond donors (Lipinski definition) is 2. The molecule has 3 aromatic rings. The Hall–Kier alpha value is -3.38. The summed E-state index contributed by atoms with van der Waals surface area (Å²) in [5.41, 5.74) is 3.53. The Labute approximate surface area is 196 Å². The average Bonchev–Trinajstić information content (AvgIpc) is 3.18. The van der Waals surface area contributed by atoms with Crippen LogP contribution in [-0.4, -0.2) is 41.0 Å². The fourth-order valence-corrected chi connectivity index (χ4v) is 3.94. The summed E-state index contributed by atoms with van der Waals surface area (Å²) in [4.78, 5) is 19.2. The van der Waals surface area contributed by atoms with Crippen LogP contribution in [-0.2, 0) is 17.9 Å². The lowest BCUT2D eigenvalue weighted by Gasteiger charge is -2.21.